The third kappa shape index (κ3) is 19.9. The number of rotatable bonds is 18. The van der Waals surface area contributed by atoms with Gasteiger partial charge >= 0.3 is 0 Å². The van der Waals surface area contributed by atoms with E-state index in [0.29, 0.717) is 6.61 Å². The standard InChI is InChI=1S/C19H40O2/c1-2-3-4-15-18-21-19-16-13-11-9-7-5-6-8-10-12-14-17-20/h20H,2-19H2,1H3. The number of hydrogen-bond acceptors (Lipinski definition) is 2. The maximum absolute atomic E-state index is 8.68. The third-order valence-electron chi connectivity index (χ3n) is 4.09. The molecule has 0 saturated carbocycles. The monoisotopic (exact) mass is 300 g/mol. The maximum atomic E-state index is 8.68. The quantitative estimate of drug-likeness (QED) is 0.321. The first-order valence-electron chi connectivity index (χ1n) is 9.60. The lowest BCUT2D eigenvalue weighted by Gasteiger charge is -2.04. The fraction of sp³-hybridized carbons (Fsp3) is 1.00. The zero-order chi connectivity index (χ0) is 15.4. The first kappa shape index (κ1) is 20.9. The fourth-order valence-electron chi connectivity index (χ4n) is 2.64. The lowest BCUT2D eigenvalue weighted by molar-refractivity contribution is 0.125. The summed E-state index contributed by atoms with van der Waals surface area (Å²) < 4.78 is 5.65. The molecule has 0 rings (SSSR count). The van der Waals surface area contributed by atoms with Crippen molar-refractivity contribution in [3.63, 3.8) is 0 Å². The molecule has 2 heteroatoms. The number of hydrogen-bond donors (Lipinski definition) is 1. The molecule has 0 spiro atoms. The largest absolute Gasteiger partial charge is 0.396 e. The van der Waals surface area contributed by atoms with Gasteiger partial charge in [-0.25, -0.2) is 0 Å². The summed E-state index contributed by atoms with van der Waals surface area (Å²) in [7, 11) is 0. The molecule has 0 aliphatic carbocycles. The fourth-order valence-corrected chi connectivity index (χ4v) is 2.64. The lowest BCUT2D eigenvalue weighted by atomic mass is 10.1. The molecular weight excluding hydrogens is 260 g/mol. The molecule has 1 N–H and O–H groups in total. The van der Waals surface area contributed by atoms with Gasteiger partial charge in [0.25, 0.3) is 0 Å². The second kappa shape index (κ2) is 19.9. The Bertz CT molecular complexity index is 153. The second-order valence-corrected chi connectivity index (χ2v) is 6.29. The van der Waals surface area contributed by atoms with Crippen LogP contribution in [0, 0.1) is 0 Å². The Morgan fingerprint density at radius 1 is 0.524 bits per heavy atom. The summed E-state index contributed by atoms with van der Waals surface area (Å²) in [6.07, 6.45) is 19.6. The van der Waals surface area contributed by atoms with E-state index in [2.05, 4.69) is 6.92 Å². The molecule has 0 unspecified atom stereocenters. The molecule has 0 aromatic carbocycles. The summed E-state index contributed by atoms with van der Waals surface area (Å²) in [5.41, 5.74) is 0. The Balaban J connectivity index is 2.90. The van der Waals surface area contributed by atoms with Crippen LogP contribution in [0.25, 0.3) is 0 Å². The van der Waals surface area contributed by atoms with E-state index in [-0.39, 0.29) is 0 Å². The van der Waals surface area contributed by atoms with Gasteiger partial charge in [-0.1, -0.05) is 84.0 Å². The molecule has 0 aromatic heterocycles. The van der Waals surface area contributed by atoms with E-state index in [1.807, 2.05) is 0 Å². The summed E-state index contributed by atoms with van der Waals surface area (Å²) >= 11 is 0. The van der Waals surface area contributed by atoms with Crippen molar-refractivity contribution in [2.24, 2.45) is 0 Å². The molecule has 0 amide bonds. The van der Waals surface area contributed by atoms with E-state index >= 15 is 0 Å². The molecule has 128 valence electrons. The second-order valence-electron chi connectivity index (χ2n) is 6.29. The van der Waals surface area contributed by atoms with Crippen LogP contribution in [0.5, 0.6) is 0 Å². The maximum Gasteiger partial charge on any atom is 0.0466 e. The van der Waals surface area contributed by atoms with Crippen molar-refractivity contribution >= 4 is 0 Å². The zero-order valence-electron chi connectivity index (χ0n) is 14.6. The van der Waals surface area contributed by atoms with Crippen molar-refractivity contribution in [2.75, 3.05) is 19.8 Å². The van der Waals surface area contributed by atoms with E-state index < -0.39 is 0 Å². The molecule has 0 atom stereocenters. The molecule has 0 aromatic rings. The van der Waals surface area contributed by atoms with Gasteiger partial charge < -0.3 is 9.84 Å². The van der Waals surface area contributed by atoms with Crippen molar-refractivity contribution in [3.05, 3.63) is 0 Å². The van der Waals surface area contributed by atoms with Crippen LogP contribution >= 0.6 is 0 Å². The molecule has 0 fully saturated rings. The highest BCUT2D eigenvalue weighted by Crippen LogP contribution is 2.11. The summed E-state index contributed by atoms with van der Waals surface area (Å²) in [4.78, 5) is 0. The molecule has 0 radical (unpaired) electrons. The predicted octanol–water partition coefficient (Wildman–Crippen LogP) is 5.87. The van der Waals surface area contributed by atoms with E-state index in [4.69, 9.17) is 9.84 Å². The van der Waals surface area contributed by atoms with Crippen LogP contribution in [0.1, 0.15) is 103 Å². The first-order chi connectivity index (χ1) is 10.4. The molecule has 0 saturated heterocycles. The van der Waals surface area contributed by atoms with Crippen molar-refractivity contribution in [3.8, 4) is 0 Å². The highest BCUT2D eigenvalue weighted by molar-refractivity contribution is 4.48. The van der Waals surface area contributed by atoms with Gasteiger partial charge in [-0.15, -0.1) is 0 Å². The molecule has 0 bridgehead atoms. The van der Waals surface area contributed by atoms with Crippen LogP contribution in [0.2, 0.25) is 0 Å². The van der Waals surface area contributed by atoms with Crippen molar-refractivity contribution < 1.29 is 9.84 Å². The molecule has 2 nitrogen and oxygen atoms in total. The minimum absolute atomic E-state index is 0.364. The Morgan fingerprint density at radius 2 is 0.905 bits per heavy atom. The summed E-state index contributed by atoms with van der Waals surface area (Å²) in [5, 5.41) is 8.68. The van der Waals surface area contributed by atoms with Crippen LogP contribution in [0.15, 0.2) is 0 Å². The van der Waals surface area contributed by atoms with Gasteiger partial charge in [-0.3, -0.25) is 0 Å². The molecule has 0 aliphatic rings. The molecular formula is C19H40O2. The topological polar surface area (TPSA) is 29.5 Å². The Morgan fingerprint density at radius 3 is 1.33 bits per heavy atom. The van der Waals surface area contributed by atoms with Crippen molar-refractivity contribution in [1.29, 1.82) is 0 Å². The lowest BCUT2D eigenvalue weighted by Crippen LogP contribution is -1.97. The molecule has 0 aliphatic heterocycles. The Labute approximate surface area is 133 Å². The SMILES string of the molecule is CCCCCCOCCCCCCCCCCCCCO. The normalized spacial score (nSPS) is 11.1. The predicted molar refractivity (Wildman–Crippen MR) is 92.8 cm³/mol. The van der Waals surface area contributed by atoms with Crippen LogP contribution < -0.4 is 0 Å². The van der Waals surface area contributed by atoms with Gasteiger partial charge in [0.05, 0.1) is 0 Å². The zero-order valence-corrected chi connectivity index (χ0v) is 14.6. The van der Waals surface area contributed by atoms with Gasteiger partial charge in [-0.05, 0) is 19.3 Å². The number of ether oxygens (including phenoxy) is 1. The van der Waals surface area contributed by atoms with Crippen LogP contribution in [0.3, 0.4) is 0 Å². The van der Waals surface area contributed by atoms with Crippen LogP contribution in [0.4, 0.5) is 0 Å². The van der Waals surface area contributed by atoms with Gasteiger partial charge in [-0.2, -0.15) is 0 Å². The minimum Gasteiger partial charge on any atom is -0.396 e. The number of aliphatic hydroxyl groups is 1. The number of aliphatic hydroxyl groups excluding tert-OH is 1. The Kier molecular flexibility index (Phi) is 19.8. The van der Waals surface area contributed by atoms with Gasteiger partial charge in [0, 0.05) is 19.8 Å². The third-order valence-corrected chi connectivity index (χ3v) is 4.09. The summed E-state index contributed by atoms with van der Waals surface area (Å²) in [6, 6.07) is 0. The highest BCUT2D eigenvalue weighted by atomic mass is 16.5. The Hall–Kier alpha value is -0.0800. The van der Waals surface area contributed by atoms with Gasteiger partial charge in [0.2, 0.25) is 0 Å². The van der Waals surface area contributed by atoms with E-state index in [1.165, 1.54) is 89.9 Å². The highest BCUT2D eigenvalue weighted by Gasteiger charge is 1.94. The van der Waals surface area contributed by atoms with E-state index in [0.717, 1.165) is 19.6 Å². The van der Waals surface area contributed by atoms with E-state index in [9.17, 15) is 0 Å². The van der Waals surface area contributed by atoms with Crippen LogP contribution in [-0.4, -0.2) is 24.9 Å². The summed E-state index contributed by atoms with van der Waals surface area (Å²) in [6.45, 7) is 4.55. The van der Waals surface area contributed by atoms with E-state index in [1.54, 1.807) is 0 Å². The van der Waals surface area contributed by atoms with Crippen molar-refractivity contribution in [1.82, 2.24) is 0 Å². The number of unbranched alkanes of at least 4 members (excludes halogenated alkanes) is 13. The first-order valence-corrected chi connectivity index (χ1v) is 9.60. The van der Waals surface area contributed by atoms with Gasteiger partial charge in [0.1, 0.15) is 0 Å². The summed E-state index contributed by atoms with van der Waals surface area (Å²) in [5.74, 6) is 0. The van der Waals surface area contributed by atoms with Crippen molar-refractivity contribution in [2.45, 2.75) is 103 Å². The van der Waals surface area contributed by atoms with Crippen LogP contribution in [-0.2, 0) is 4.74 Å². The smallest absolute Gasteiger partial charge is 0.0466 e. The molecule has 0 heterocycles. The van der Waals surface area contributed by atoms with Gasteiger partial charge in [0.15, 0.2) is 0 Å². The minimum atomic E-state index is 0.364. The molecule has 21 heavy (non-hydrogen) atoms. The average Bonchev–Trinajstić information content (AvgIpc) is 2.50. The average molecular weight is 301 g/mol.